The van der Waals surface area contributed by atoms with E-state index < -0.39 is 12.3 Å². The fourth-order valence-electron chi connectivity index (χ4n) is 3.63. The molecule has 0 aromatic heterocycles. The van der Waals surface area contributed by atoms with Gasteiger partial charge in [-0.2, -0.15) is 0 Å². The third-order valence-corrected chi connectivity index (χ3v) is 5.42. The minimum Gasteiger partial charge on any atom is -0.497 e. The van der Waals surface area contributed by atoms with E-state index in [0.717, 1.165) is 24.3 Å². The summed E-state index contributed by atoms with van der Waals surface area (Å²) in [6.45, 7) is 0. The second-order valence-corrected chi connectivity index (χ2v) is 7.49. The lowest BCUT2D eigenvalue weighted by Crippen LogP contribution is -2.39. The first-order chi connectivity index (χ1) is 15.1. The maximum Gasteiger partial charge on any atom is 0.173 e. The molecule has 0 radical (unpaired) electrons. The molecule has 5 heteroatoms. The summed E-state index contributed by atoms with van der Waals surface area (Å²) in [6.07, 6.45) is 0.718. The van der Waals surface area contributed by atoms with Gasteiger partial charge in [0.2, 0.25) is 0 Å². The lowest BCUT2D eigenvalue weighted by Gasteiger charge is -2.22. The van der Waals surface area contributed by atoms with Gasteiger partial charge in [-0.25, -0.2) is 0 Å². The van der Waals surface area contributed by atoms with Crippen molar-refractivity contribution < 1.29 is 19.3 Å². The predicted molar refractivity (Wildman–Crippen MR) is 123 cm³/mol. The molecule has 3 aromatic carbocycles. The number of aliphatic hydroxyl groups excluding tert-OH is 1. The Balaban J connectivity index is 1.64. The molecule has 0 fully saturated rings. The van der Waals surface area contributed by atoms with Crippen LogP contribution >= 0.6 is 0 Å². The Bertz CT molecular complexity index is 849. The van der Waals surface area contributed by atoms with Gasteiger partial charge in [0, 0.05) is 5.92 Å². The standard InChI is InChI=1S/C26H31NO4/c1-29-21-15-11-19(12-16-21)24(20-13-17-22(30-2)18-14-20)9-6-10-25(28)26(27)31-23-7-4-3-5-8-23/h3-5,7-8,11-18,24-26,28H,6,9-10,27H2,1-2H3/t25-,26?/m0/s1. The van der Waals surface area contributed by atoms with Gasteiger partial charge in [-0.1, -0.05) is 42.5 Å². The van der Waals surface area contributed by atoms with Crippen molar-refractivity contribution in [3.05, 3.63) is 90.0 Å². The minimum atomic E-state index is -0.761. The maximum atomic E-state index is 10.5. The van der Waals surface area contributed by atoms with Crippen LogP contribution in [0.15, 0.2) is 78.9 Å². The molecule has 0 aliphatic rings. The highest BCUT2D eigenvalue weighted by Gasteiger charge is 2.19. The molecule has 0 saturated heterocycles. The molecule has 3 rings (SSSR count). The molecule has 2 atom stereocenters. The number of aliphatic hydroxyl groups is 1. The van der Waals surface area contributed by atoms with Crippen LogP contribution in [-0.4, -0.2) is 31.7 Å². The summed E-state index contributed by atoms with van der Waals surface area (Å²) < 4.78 is 16.2. The van der Waals surface area contributed by atoms with Crippen molar-refractivity contribution in [2.45, 2.75) is 37.5 Å². The van der Waals surface area contributed by atoms with Crippen LogP contribution in [0.4, 0.5) is 0 Å². The highest BCUT2D eigenvalue weighted by Crippen LogP contribution is 2.32. The van der Waals surface area contributed by atoms with E-state index in [9.17, 15) is 5.11 Å². The zero-order valence-corrected chi connectivity index (χ0v) is 18.1. The Kier molecular flexibility index (Phi) is 8.33. The third kappa shape index (κ3) is 6.48. The van der Waals surface area contributed by atoms with E-state index in [1.165, 1.54) is 11.1 Å². The lowest BCUT2D eigenvalue weighted by molar-refractivity contribution is 0.0329. The Morgan fingerprint density at radius 2 is 1.23 bits per heavy atom. The van der Waals surface area contributed by atoms with E-state index in [2.05, 4.69) is 24.3 Å². The van der Waals surface area contributed by atoms with Gasteiger partial charge in [-0.15, -0.1) is 0 Å². The molecule has 1 unspecified atom stereocenters. The van der Waals surface area contributed by atoms with Crippen molar-refractivity contribution in [2.24, 2.45) is 5.73 Å². The van der Waals surface area contributed by atoms with Gasteiger partial charge in [0.25, 0.3) is 0 Å². The Morgan fingerprint density at radius 1 is 0.710 bits per heavy atom. The number of rotatable bonds is 11. The van der Waals surface area contributed by atoms with Crippen molar-refractivity contribution in [2.75, 3.05) is 14.2 Å². The molecule has 0 saturated carbocycles. The van der Waals surface area contributed by atoms with E-state index in [0.29, 0.717) is 12.2 Å². The number of methoxy groups -OCH3 is 2. The first-order valence-corrected chi connectivity index (χ1v) is 10.5. The van der Waals surface area contributed by atoms with E-state index >= 15 is 0 Å². The number of hydrogen-bond acceptors (Lipinski definition) is 5. The van der Waals surface area contributed by atoms with Gasteiger partial charge in [-0.05, 0) is 66.8 Å². The van der Waals surface area contributed by atoms with Crippen molar-refractivity contribution >= 4 is 0 Å². The van der Waals surface area contributed by atoms with Gasteiger partial charge in [0.15, 0.2) is 6.23 Å². The monoisotopic (exact) mass is 421 g/mol. The number of benzene rings is 3. The quantitative estimate of drug-likeness (QED) is 0.438. The average Bonchev–Trinajstić information content (AvgIpc) is 2.82. The lowest BCUT2D eigenvalue weighted by atomic mass is 9.86. The number of nitrogens with two attached hydrogens (primary N) is 1. The van der Waals surface area contributed by atoms with Gasteiger partial charge in [0.05, 0.1) is 14.2 Å². The Hall–Kier alpha value is -3.02. The molecule has 0 amide bonds. The van der Waals surface area contributed by atoms with Gasteiger partial charge in [0.1, 0.15) is 23.4 Å². The number of ether oxygens (including phenoxy) is 3. The summed E-state index contributed by atoms with van der Waals surface area (Å²) >= 11 is 0. The molecule has 0 aliphatic carbocycles. The van der Waals surface area contributed by atoms with Gasteiger partial charge >= 0.3 is 0 Å². The van der Waals surface area contributed by atoms with Crippen LogP contribution in [-0.2, 0) is 0 Å². The first-order valence-electron chi connectivity index (χ1n) is 10.5. The van der Waals surface area contributed by atoms with E-state index in [-0.39, 0.29) is 5.92 Å². The number of hydrogen-bond donors (Lipinski definition) is 2. The molecule has 0 bridgehead atoms. The fraction of sp³-hybridized carbons (Fsp3) is 0.308. The Morgan fingerprint density at radius 3 is 1.71 bits per heavy atom. The SMILES string of the molecule is COc1ccc(C(CCC[C@H](O)C(N)Oc2ccccc2)c2ccc(OC)cc2)cc1. The molecule has 0 spiro atoms. The largest absolute Gasteiger partial charge is 0.497 e. The first kappa shape index (κ1) is 22.7. The van der Waals surface area contributed by atoms with Gasteiger partial charge in [-0.3, -0.25) is 5.73 Å². The third-order valence-electron chi connectivity index (χ3n) is 5.42. The topological polar surface area (TPSA) is 73.9 Å². The second-order valence-electron chi connectivity index (χ2n) is 7.49. The van der Waals surface area contributed by atoms with Crippen LogP contribution in [0.25, 0.3) is 0 Å². The maximum absolute atomic E-state index is 10.5. The zero-order valence-electron chi connectivity index (χ0n) is 18.1. The molecule has 0 aliphatic heterocycles. The highest BCUT2D eigenvalue weighted by molar-refractivity contribution is 5.38. The number of para-hydroxylation sites is 1. The minimum absolute atomic E-state index is 0.190. The normalized spacial score (nSPS) is 12.9. The summed E-state index contributed by atoms with van der Waals surface area (Å²) in [7, 11) is 3.33. The van der Waals surface area contributed by atoms with Crippen LogP contribution in [0, 0.1) is 0 Å². The molecule has 3 N–H and O–H groups in total. The van der Waals surface area contributed by atoms with E-state index in [1.54, 1.807) is 14.2 Å². The van der Waals surface area contributed by atoms with Crippen molar-refractivity contribution in [1.82, 2.24) is 0 Å². The van der Waals surface area contributed by atoms with Gasteiger partial charge < -0.3 is 19.3 Å². The molecular formula is C26H31NO4. The molecule has 164 valence electrons. The fourth-order valence-corrected chi connectivity index (χ4v) is 3.63. The van der Waals surface area contributed by atoms with Crippen molar-refractivity contribution in [3.63, 3.8) is 0 Å². The summed E-state index contributed by atoms with van der Waals surface area (Å²) in [5.41, 5.74) is 8.45. The average molecular weight is 422 g/mol. The molecule has 3 aromatic rings. The summed E-state index contributed by atoms with van der Waals surface area (Å²) in [4.78, 5) is 0. The second kappa shape index (κ2) is 11.4. The Labute approximate surface area is 184 Å². The summed E-state index contributed by atoms with van der Waals surface area (Å²) in [6, 6.07) is 25.6. The van der Waals surface area contributed by atoms with Crippen LogP contribution < -0.4 is 19.9 Å². The van der Waals surface area contributed by atoms with Crippen LogP contribution in [0.5, 0.6) is 17.2 Å². The van der Waals surface area contributed by atoms with Crippen LogP contribution in [0.3, 0.4) is 0 Å². The van der Waals surface area contributed by atoms with Crippen molar-refractivity contribution in [1.29, 1.82) is 0 Å². The van der Waals surface area contributed by atoms with Crippen LogP contribution in [0.1, 0.15) is 36.3 Å². The molecular weight excluding hydrogens is 390 g/mol. The molecule has 31 heavy (non-hydrogen) atoms. The van der Waals surface area contributed by atoms with E-state index in [4.69, 9.17) is 19.9 Å². The zero-order chi connectivity index (χ0) is 22.1. The molecule has 0 heterocycles. The molecule has 5 nitrogen and oxygen atoms in total. The highest BCUT2D eigenvalue weighted by atomic mass is 16.5. The summed E-state index contributed by atoms with van der Waals surface area (Å²) in [5, 5.41) is 10.5. The predicted octanol–water partition coefficient (Wildman–Crippen LogP) is 4.73. The van der Waals surface area contributed by atoms with E-state index in [1.807, 2.05) is 54.6 Å². The smallest absolute Gasteiger partial charge is 0.173 e. The summed E-state index contributed by atoms with van der Waals surface area (Å²) in [5.74, 6) is 2.51. The van der Waals surface area contributed by atoms with Crippen LogP contribution in [0.2, 0.25) is 0 Å². The van der Waals surface area contributed by atoms with Crippen molar-refractivity contribution in [3.8, 4) is 17.2 Å².